The predicted molar refractivity (Wildman–Crippen MR) is 64.6 cm³/mol. The lowest BCUT2D eigenvalue weighted by Crippen LogP contribution is -2.15. The van der Waals surface area contributed by atoms with Gasteiger partial charge in [-0.25, -0.2) is 0 Å². The molecule has 3 N–H and O–H groups in total. The van der Waals surface area contributed by atoms with Crippen LogP contribution in [0.1, 0.15) is 18.4 Å². The van der Waals surface area contributed by atoms with Gasteiger partial charge in [-0.05, 0) is 38.6 Å². The molecule has 0 aliphatic rings. The molecule has 0 heterocycles. The maximum Gasteiger partial charge on any atom is 0.224 e. The number of aromatic hydroxyl groups is 1. The van der Waals surface area contributed by atoms with Gasteiger partial charge in [-0.15, -0.1) is 0 Å². The second kappa shape index (κ2) is 6.12. The zero-order valence-electron chi connectivity index (χ0n) is 9.71. The molecule has 0 saturated heterocycles. The van der Waals surface area contributed by atoms with Crippen molar-refractivity contribution >= 4 is 11.6 Å². The van der Waals surface area contributed by atoms with Crippen LogP contribution in [-0.2, 0) is 4.79 Å². The van der Waals surface area contributed by atoms with Crippen LogP contribution >= 0.6 is 0 Å². The van der Waals surface area contributed by atoms with Crippen molar-refractivity contribution < 1.29 is 9.90 Å². The molecule has 1 amide bonds. The third kappa shape index (κ3) is 3.90. The molecular weight excluding hydrogens is 204 g/mol. The van der Waals surface area contributed by atoms with Gasteiger partial charge < -0.3 is 15.7 Å². The zero-order valence-corrected chi connectivity index (χ0v) is 9.71. The molecule has 0 fully saturated rings. The van der Waals surface area contributed by atoms with Gasteiger partial charge in [0.1, 0.15) is 5.75 Å². The first kappa shape index (κ1) is 12.5. The Morgan fingerprint density at radius 3 is 2.81 bits per heavy atom. The van der Waals surface area contributed by atoms with Crippen molar-refractivity contribution in [2.45, 2.75) is 19.8 Å². The number of hydrogen-bond donors (Lipinski definition) is 3. The minimum Gasteiger partial charge on any atom is -0.508 e. The fourth-order valence-corrected chi connectivity index (χ4v) is 1.34. The highest BCUT2D eigenvalue weighted by atomic mass is 16.3. The van der Waals surface area contributed by atoms with E-state index < -0.39 is 0 Å². The molecule has 4 nitrogen and oxygen atoms in total. The summed E-state index contributed by atoms with van der Waals surface area (Å²) in [6.45, 7) is 2.64. The molecule has 4 heteroatoms. The Morgan fingerprint density at radius 2 is 2.19 bits per heavy atom. The highest BCUT2D eigenvalue weighted by molar-refractivity contribution is 5.90. The lowest BCUT2D eigenvalue weighted by Gasteiger charge is -2.06. The van der Waals surface area contributed by atoms with Gasteiger partial charge in [-0.1, -0.05) is 6.07 Å². The molecule has 0 saturated carbocycles. The number of hydrogen-bond acceptors (Lipinski definition) is 3. The molecule has 16 heavy (non-hydrogen) atoms. The molecule has 0 bridgehead atoms. The molecule has 1 aromatic rings. The third-order valence-electron chi connectivity index (χ3n) is 2.32. The van der Waals surface area contributed by atoms with E-state index in [4.69, 9.17) is 0 Å². The van der Waals surface area contributed by atoms with Crippen LogP contribution in [0.4, 0.5) is 5.69 Å². The molecule has 0 aromatic heterocycles. The minimum atomic E-state index is -0.0292. The molecule has 0 aliphatic carbocycles. The van der Waals surface area contributed by atoms with E-state index in [1.807, 2.05) is 14.0 Å². The number of phenols is 1. The first-order valence-corrected chi connectivity index (χ1v) is 5.37. The predicted octanol–water partition coefficient (Wildman–Crippen LogP) is 1.64. The number of phenolic OH excluding ortho intramolecular Hbond substituents is 1. The second-order valence-corrected chi connectivity index (χ2v) is 3.76. The van der Waals surface area contributed by atoms with Gasteiger partial charge in [-0.2, -0.15) is 0 Å². The Morgan fingerprint density at radius 1 is 1.44 bits per heavy atom. The number of benzene rings is 1. The Labute approximate surface area is 95.7 Å². The van der Waals surface area contributed by atoms with Crippen LogP contribution in [-0.4, -0.2) is 24.6 Å². The summed E-state index contributed by atoms with van der Waals surface area (Å²) in [6.07, 6.45) is 1.29. The Kier molecular flexibility index (Phi) is 4.79. The van der Waals surface area contributed by atoms with Crippen molar-refractivity contribution in [1.29, 1.82) is 0 Å². The van der Waals surface area contributed by atoms with Gasteiger partial charge in [0, 0.05) is 18.2 Å². The lowest BCUT2D eigenvalue weighted by atomic mass is 10.2. The van der Waals surface area contributed by atoms with Gasteiger partial charge >= 0.3 is 0 Å². The quantitative estimate of drug-likeness (QED) is 0.664. The van der Waals surface area contributed by atoms with Crippen molar-refractivity contribution in [1.82, 2.24) is 5.32 Å². The van der Waals surface area contributed by atoms with Crippen LogP contribution in [0.2, 0.25) is 0 Å². The fourth-order valence-electron chi connectivity index (χ4n) is 1.34. The van der Waals surface area contributed by atoms with Crippen molar-refractivity contribution in [3.63, 3.8) is 0 Å². The number of carbonyl (C=O) groups excluding carboxylic acids is 1. The summed E-state index contributed by atoms with van der Waals surface area (Å²) in [5, 5.41) is 15.2. The molecule has 0 atom stereocenters. The Bertz CT molecular complexity index is 364. The standard InChI is InChI=1S/C12H18N2O2/c1-9-5-6-10(8-11(9)15)14-12(16)4-3-7-13-2/h5-6,8,13,15H,3-4,7H2,1-2H3,(H,14,16). The van der Waals surface area contributed by atoms with Crippen LogP contribution in [0.25, 0.3) is 0 Å². The summed E-state index contributed by atoms with van der Waals surface area (Å²) in [4.78, 5) is 11.5. The Hall–Kier alpha value is -1.55. The summed E-state index contributed by atoms with van der Waals surface area (Å²) in [7, 11) is 1.86. The molecular formula is C12H18N2O2. The molecule has 1 rings (SSSR count). The summed E-state index contributed by atoms with van der Waals surface area (Å²) in [5.74, 6) is 0.173. The monoisotopic (exact) mass is 222 g/mol. The first-order chi connectivity index (χ1) is 7.63. The van der Waals surface area contributed by atoms with Gasteiger partial charge in [-0.3, -0.25) is 4.79 Å². The van der Waals surface area contributed by atoms with E-state index in [0.29, 0.717) is 12.1 Å². The fraction of sp³-hybridized carbons (Fsp3) is 0.417. The summed E-state index contributed by atoms with van der Waals surface area (Å²) in [5.41, 5.74) is 1.44. The number of anilines is 1. The summed E-state index contributed by atoms with van der Waals surface area (Å²) in [6, 6.07) is 5.12. The van der Waals surface area contributed by atoms with E-state index in [0.717, 1.165) is 18.5 Å². The maximum absolute atomic E-state index is 11.5. The van der Waals surface area contributed by atoms with E-state index in [9.17, 15) is 9.90 Å². The van der Waals surface area contributed by atoms with Crippen LogP contribution in [0.5, 0.6) is 5.75 Å². The zero-order chi connectivity index (χ0) is 12.0. The van der Waals surface area contributed by atoms with Gasteiger partial charge in [0.25, 0.3) is 0 Å². The van der Waals surface area contributed by atoms with Gasteiger partial charge in [0.2, 0.25) is 5.91 Å². The highest BCUT2D eigenvalue weighted by Gasteiger charge is 2.03. The summed E-state index contributed by atoms with van der Waals surface area (Å²) >= 11 is 0. The Balaban J connectivity index is 2.46. The topological polar surface area (TPSA) is 61.4 Å². The average molecular weight is 222 g/mol. The largest absolute Gasteiger partial charge is 0.508 e. The molecule has 1 aromatic carbocycles. The van der Waals surface area contributed by atoms with Crippen LogP contribution in [0, 0.1) is 6.92 Å². The number of carbonyl (C=O) groups is 1. The molecule has 88 valence electrons. The van der Waals surface area contributed by atoms with Crippen molar-refractivity contribution in [3.05, 3.63) is 23.8 Å². The normalized spacial score (nSPS) is 10.1. The lowest BCUT2D eigenvalue weighted by molar-refractivity contribution is -0.116. The van der Waals surface area contributed by atoms with Gasteiger partial charge in [0.15, 0.2) is 0 Å². The average Bonchev–Trinajstić information content (AvgIpc) is 2.24. The second-order valence-electron chi connectivity index (χ2n) is 3.76. The van der Waals surface area contributed by atoms with E-state index in [1.54, 1.807) is 18.2 Å². The number of nitrogens with one attached hydrogen (secondary N) is 2. The number of rotatable bonds is 5. The van der Waals surface area contributed by atoms with Crippen molar-refractivity contribution in [3.8, 4) is 5.75 Å². The van der Waals surface area contributed by atoms with E-state index in [1.165, 1.54) is 0 Å². The minimum absolute atomic E-state index is 0.0292. The number of amides is 1. The first-order valence-electron chi connectivity index (χ1n) is 5.37. The molecule has 0 aliphatic heterocycles. The summed E-state index contributed by atoms with van der Waals surface area (Å²) < 4.78 is 0. The SMILES string of the molecule is CNCCCC(=O)Nc1ccc(C)c(O)c1. The molecule has 0 spiro atoms. The van der Waals surface area contributed by atoms with E-state index >= 15 is 0 Å². The van der Waals surface area contributed by atoms with Gasteiger partial charge in [0.05, 0.1) is 0 Å². The molecule has 0 unspecified atom stereocenters. The van der Waals surface area contributed by atoms with Crippen LogP contribution < -0.4 is 10.6 Å². The highest BCUT2D eigenvalue weighted by Crippen LogP contribution is 2.20. The molecule has 0 radical (unpaired) electrons. The van der Waals surface area contributed by atoms with Crippen LogP contribution in [0.15, 0.2) is 18.2 Å². The smallest absolute Gasteiger partial charge is 0.224 e. The number of aryl methyl sites for hydroxylation is 1. The van der Waals surface area contributed by atoms with Crippen molar-refractivity contribution in [2.75, 3.05) is 18.9 Å². The van der Waals surface area contributed by atoms with Crippen molar-refractivity contribution in [2.24, 2.45) is 0 Å². The maximum atomic E-state index is 11.5. The van der Waals surface area contributed by atoms with Crippen LogP contribution in [0.3, 0.4) is 0 Å². The van der Waals surface area contributed by atoms with E-state index in [2.05, 4.69) is 10.6 Å². The van der Waals surface area contributed by atoms with E-state index in [-0.39, 0.29) is 11.7 Å². The third-order valence-corrected chi connectivity index (χ3v) is 2.32.